The maximum atomic E-state index is 13.1. The van der Waals surface area contributed by atoms with E-state index in [-0.39, 0.29) is 17.2 Å². The molecular weight excluding hydrogens is 404 g/mol. The maximum absolute atomic E-state index is 13.1. The maximum Gasteiger partial charge on any atom is 0.279 e. The molecule has 0 aliphatic rings. The Balaban J connectivity index is 1.87. The lowest BCUT2D eigenvalue weighted by Gasteiger charge is -2.18. The van der Waals surface area contributed by atoms with Crippen LogP contribution < -0.4 is 20.5 Å². The lowest BCUT2D eigenvalue weighted by atomic mass is 10.1. The number of aromatic nitrogens is 2. The number of methoxy groups -OCH3 is 1. The van der Waals surface area contributed by atoms with Crippen molar-refractivity contribution in [1.82, 2.24) is 15.1 Å². The molecule has 3 rings (SSSR count). The first-order chi connectivity index (χ1) is 15.6. The summed E-state index contributed by atoms with van der Waals surface area (Å²) < 4.78 is 6.66. The number of hydrogen-bond donors (Lipinski definition) is 2. The Hall–Kier alpha value is -3.19. The number of fused-ring (bicyclic) bond motifs is 1. The fourth-order valence-electron chi connectivity index (χ4n) is 4.03. The smallest absolute Gasteiger partial charge is 0.279 e. The molecule has 170 valence electrons. The zero-order chi connectivity index (χ0) is 22.9. The third-order valence-electron chi connectivity index (χ3n) is 5.53. The van der Waals surface area contributed by atoms with Gasteiger partial charge in [-0.2, -0.15) is 9.78 Å². The minimum atomic E-state index is -0.292. The third kappa shape index (κ3) is 5.34. The van der Waals surface area contributed by atoms with Gasteiger partial charge in [0.25, 0.3) is 11.5 Å². The highest BCUT2D eigenvalue weighted by atomic mass is 16.5. The van der Waals surface area contributed by atoms with Crippen LogP contribution in [0.1, 0.15) is 43.6 Å². The highest BCUT2D eigenvalue weighted by Crippen LogP contribution is 2.22. The number of hydrogen-bond acceptors (Lipinski definition) is 4. The average molecular weight is 438 g/mol. The minimum absolute atomic E-state index is 0.234. The Bertz CT molecular complexity index is 1100. The van der Waals surface area contributed by atoms with Gasteiger partial charge in [0.15, 0.2) is 5.69 Å². The summed E-state index contributed by atoms with van der Waals surface area (Å²) in [6.45, 7) is 8.29. The zero-order valence-corrected chi connectivity index (χ0v) is 19.2. The number of quaternary nitrogens is 1. The van der Waals surface area contributed by atoms with Gasteiger partial charge < -0.3 is 15.0 Å². The lowest BCUT2D eigenvalue weighted by Crippen LogP contribution is -3.12. The number of ether oxygens (including phenoxy) is 1. The first kappa shape index (κ1) is 23.5. The Morgan fingerprint density at radius 2 is 1.66 bits per heavy atom. The van der Waals surface area contributed by atoms with Gasteiger partial charge in [-0.05, 0) is 31.0 Å². The number of benzene rings is 2. The molecule has 0 aliphatic carbocycles. The van der Waals surface area contributed by atoms with E-state index in [0.717, 1.165) is 38.9 Å². The van der Waals surface area contributed by atoms with Crippen molar-refractivity contribution in [2.75, 3.05) is 33.3 Å². The second-order valence-corrected chi connectivity index (χ2v) is 7.89. The molecule has 0 saturated carbocycles. The molecule has 7 heteroatoms. The molecule has 3 aromatic rings. The molecule has 1 aromatic heterocycles. The van der Waals surface area contributed by atoms with Gasteiger partial charge in [0.1, 0.15) is 11.4 Å². The van der Waals surface area contributed by atoms with Crippen molar-refractivity contribution in [2.24, 2.45) is 0 Å². The summed E-state index contributed by atoms with van der Waals surface area (Å²) >= 11 is 0. The SMILES string of the molecule is CCC[NH+](CCC)CCCNC(=O)c1nn(-c2ccccc2OC)c(=O)c2ccccc12. The Morgan fingerprint density at radius 1 is 1.00 bits per heavy atom. The number of carbonyl (C=O) groups excluding carboxylic acids is 1. The first-order valence-corrected chi connectivity index (χ1v) is 11.4. The minimum Gasteiger partial charge on any atom is -0.494 e. The van der Waals surface area contributed by atoms with Crippen LogP contribution in [0.4, 0.5) is 0 Å². The van der Waals surface area contributed by atoms with Gasteiger partial charge in [-0.25, -0.2) is 0 Å². The van der Waals surface area contributed by atoms with Crippen LogP contribution in [0.5, 0.6) is 5.75 Å². The molecule has 0 fully saturated rings. The monoisotopic (exact) mass is 437 g/mol. The molecule has 0 atom stereocenters. The van der Waals surface area contributed by atoms with Crippen LogP contribution in [0, 0.1) is 0 Å². The van der Waals surface area contributed by atoms with Gasteiger partial charge in [0, 0.05) is 18.4 Å². The van der Waals surface area contributed by atoms with E-state index < -0.39 is 0 Å². The molecule has 0 radical (unpaired) electrons. The molecule has 0 unspecified atom stereocenters. The van der Waals surface area contributed by atoms with E-state index in [1.807, 2.05) is 18.2 Å². The van der Waals surface area contributed by atoms with Gasteiger partial charge in [0.2, 0.25) is 0 Å². The van der Waals surface area contributed by atoms with E-state index >= 15 is 0 Å². The fourth-order valence-corrected chi connectivity index (χ4v) is 4.03. The molecule has 1 heterocycles. The van der Waals surface area contributed by atoms with E-state index in [2.05, 4.69) is 24.3 Å². The summed E-state index contributed by atoms with van der Waals surface area (Å²) in [4.78, 5) is 27.8. The van der Waals surface area contributed by atoms with Crippen molar-refractivity contribution in [2.45, 2.75) is 33.1 Å². The lowest BCUT2D eigenvalue weighted by molar-refractivity contribution is -0.900. The number of nitrogens with zero attached hydrogens (tertiary/aromatic N) is 2. The molecule has 2 aromatic carbocycles. The number of amides is 1. The van der Waals surface area contributed by atoms with Gasteiger partial charge in [-0.1, -0.05) is 44.2 Å². The normalized spacial score (nSPS) is 11.1. The van der Waals surface area contributed by atoms with Gasteiger partial charge in [0.05, 0.1) is 32.1 Å². The van der Waals surface area contributed by atoms with Crippen LogP contribution >= 0.6 is 0 Å². The number of carbonyl (C=O) groups is 1. The Kier molecular flexibility index (Phi) is 8.39. The molecule has 0 saturated heterocycles. The van der Waals surface area contributed by atoms with Crippen LogP contribution in [0.25, 0.3) is 16.5 Å². The van der Waals surface area contributed by atoms with Crippen LogP contribution in [-0.2, 0) is 0 Å². The molecule has 2 N–H and O–H groups in total. The van der Waals surface area contributed by atoms with Crippen LogP contribution in [-0.4, -0.2) is 49.0 Å². The molecule has 0 bridgehead atoms. The zero-order valence-electron chi connectivity index (χ0n) is 19.2. The molecule has 0 spiro atoms. The second kappa shape index (κ2) is 11.4. The van der Waals surface area contributed by atoms with Crippen LogP contribution in [0.15, 0.2) is 53.3 Å². The van der Waals surface area contributed by atoms with E-state index in [0.29, 0.717) is 28.8 Å². The highest BCUT2D eigenvalue weighted by molar-refractivity contribution is 6.04. The molecule has 0 aliphatic heterocycles. The van der Waals surface area contributed by atoms with E-state index in [1.165, 1.54) is 4.68 Å². The standard InChI is InChI=1S/C25H32N4O3/c1-4-16-28(17-5-2)18-10-15-26-24(30)23-19-11-6-7-12-20(19)25(31)29(27-23)21-13-8-9-14-22(21)32-3/h6-9,11-14H,4-5,10,15-18H2,1-3H3,(H,26,30)/p+1. The van der Waals surface area contributed by atoms with Gasteiger partial charge >= 0.3 is 0 Å². The van der Waals surface area contributed by atoms with E-state index in [1.54, 1.807) is 42.3 Å². The van der Waals surface area contributed by atoms with Crippen LogP contribution in [0.3, 0.4) is 0 Å². The number of para-hydroxylation sites is 2. The van der Waals surface area contributed by atoms with Crippen molar-refractivity contribution < 1.29 is 14.4 Å². The van der Waals surface area contributed by atoms with Crippen molar-refractivity contribution >= 4 is 16.7 Å². The van der Waals surface area contributed by atoms with Crippen LogP contribution in [0.2, 0.25) is 0 Å². The molecular formula is C25H33N4O3+. The quantitative estimate of drug-likeness (QED) is 0.451. The largest absolute Gasteiger partial charge is 0.494 e. The number of nitrogens with one attached hydrogen (secondary N) is 2. The fraction of sp³-hybridized carbons (Fsp3) is 0.400. The summed E-state index contributed by atoms with van der Waals surface area (Å²) in [6.07, 6.45) is 3.20. The van der Waals surface area contributed by atoms with Crippen molar-refractivity contribution in [1.29, 1.82) is 0 Å². The van der Waals surface area contributed by atoms with Crippen molar-refractivity contribution in [3.05, 3.63) is 64.6 Å². The molecule has 32 heavy (non-hydrogen) atoms. The van der Waals surface area contributed by atoms with E-state index in [4.69, 9.17) is 4.74 Å². The Morgan fingerprint density at radius 3 is 2.34 bits per heavy atom. The summed E-state index contributed by atoms with van der Waals surface area (Å²) in [7, 11) is 1.54. The van der Waals surface area contributed by atoms with Gasteiger partial charge in [-0.3, -0.25) is 9.59 Å². The van der Waals surface area contributed by atoms with Crippen molar-refractivity contribution in [3.63, 3.8) is 0 Å². The molecule has 1 amide bonds. The summed E-state index contributed by atoms with van der Waals surface area (Å²) in [6, 6.07) is 14.2. The summed E-state index contributed by atoms with van der Waals surface area (Å²) in [5, 5.41) is 8.45. The Labute approximate surface area is 189 Å². The van der Waals surface area contributed by atoms with Gasteiger partial charge in [-0.15, -0.1) is 0 Å². The highest BCUT2D eigenvalue weighted by Gasteiger charge is 2.19. The predicted octanol–water partition coefficient (Wildman–Crippen LogP) is 2.22. The van der Waals surface area contributed by atoms with E-state index in [9.17, 15) is 9.59 Å². The topological polar surface area (TPSA) is 77.7 Å². The summed E-state index contributed by atoms with van der Waals surface area (Å²) in [5.74, 6) is 0.232. The number of rotatable bonds is 11. The molecule has 7 nitrogen and oxygen atoms in total. The predicted molar refractivity (Wildman–Crippen MR) is 127 cm³/mol. The van der Waals surface area contributed by atoms with Crippen molar-refractivity contribution in [3.8, 4) is 11.4 Å². The summed E-state index contributed by atoms with van der Waals surface area (Å²) in [5.41, 5.74) is 0.440. The average Bonchev–Trinajstić information content (AvgIpc) is 2.82. The first-order valence-electron chi connectivity index (χ1n) is 11.4. The third-order valence-corrected chi connectivity index (χ3v) is 5.53. The second-order valence-electron chi connectivity index (χ2n) is 7.89.